The minimum Gasteiger partial charge on any atom is -0.340 e. The van der Waals surface area contributed by atoms with Crippen LogP contribution in [-0.4, -0.2) is 52.5 Å². The molecular formula is C18H24N4O2. The fourth-order valence-electron chi connectivity index (χ4n) is 3.10. The van der Waals surface area contributed by atoms with Crippen molar-refractivity contribution in [3.63, 3.8) is 0 Å². The molecule has 24 heavy (non-hydrogen) atoms. The minimum atomic E-state index is 0.139. The normalized spacial score (nSPS) is 18.0. The zero-order chi connectivity index (χ0) is 17.1. The second kappa shape index (κ2) is 7.13. The number of nitrogens with zero attached hydrogens (tertiary/aromatic N) is 4. The van der Waals surface area contributed by atoms with Crippen molar-refractivity contribution in [2.75, 3.05) is 26.7 Å². The molecule has 1 aromatic carbocycles. The van der Waals surface area contributed by atoms with Gasteiger partial charge in [-0.05, 0) is 37.9 Å². The molecule has 0 spiro atoms. The first-order valence-electron chi connectivity index (χ1n) is 8.34. The van der Waals surface area contributed by atoms with Gasteiger partial charge in [-0.3, -0.25) is 9.69 Å². The molecule has 2 aromatic rings. The lowest BCUT2D eigenvalue weighted by atomic mass is 10.1. The Hall–Kier alpha value is -2.21. The predicted octanol–water partition coefficient (Wildman–Crippen LogP) is 2.13. The molecule has 0 bridgehead atoms. The van der Waals surface area contributed by atoms with Crippen LogP contribution in [0.2, 0.25) is 0 Å². The van der Waals surface area contributed by atoms with E-state index in [9.17, 15) is 4.79 Å². The van der Waals surface area contributed by atoms with E-state index in [0.717, 1.165) is 19.5 Å². The number of likely N-dealkylation sites (tertiary alicyclic amines) is 1. The molecule has 0 radical (unpaired) electrons. The third kappa shape index (κ3) is 3.82. The van der Waals surface area contributed by atoms with Crippen LogP contribution in [0.5, 0.6) is 0 Å². The summed E-state index contributed by atoms with van der Waals surface area (Å²) in [5.74, 6) is 1.73. The zero-order valence-corrected chi connectivity index (χ0v) is 14.5. The topological polar surface area (TPSA) is 62.5 Å². The first-order valence-corrected chi connectivity index (χ1v) is 8.34. The van der Waals surface area contributed by atoms with Crippen LogP contribution in [0.15, 0.2) is 28.8 Å². The summed E-state index contributed by atoms with van der Waals surface area (Å²) in [5, 5.41) is 3.85. The number of carbonyl (C=O) groups excluding carboxylic acids is 1. The minimum absolute atomic E-state index is 0.139. The van der Waals surface area contributed by atoms with Crippen LogP contribution in [0.1, 0.15) is 35.2 Å². The van der Waals surface area contributed by atoms with Gasteiger partial charge >= 0.3 is 0 Å². The summed E-state index contributed by atoms with van der Waals surface area (Å²) in [6.07, 6.45) is 0.955. The van der Waals surface area contributed by atoms with Gasteiger partial charge in [0.2, 0.25) is 11.8 Å². The van der Waals surface area contributed by atoms with Crippen LogP contribution in [-0.2, 0) is 11.3 Å². The van der Waals surface area contributed by atoms with Gasteiger partial charge in [-0.2, -0.15) is 4.98 Å². The molecule has 1 aliphatic rings. The Morgan fingerprint density at radius 2 is 2.17 bits per heavy atom. The maximum Gasteiger partial charge on any atom is 0.236 e. The van der Waals surface area contributed by atoms with Crippen molar-refractivity contribution in [3.8, 4) is 0 Å². The van der Waals surface area contributed by atoms with E-state index in [0.29, 0.717) is 24.8 Å². The first kappa shape index (κ1) is 16.6. The van der Waals surface area contributed by atoms with E-state index in [1.807, 2.05) is 26.1 Å². The Kier molecular flexibility index (Phi) is 4.94. The summed E-state index contributed by atoms with van der Waals surface area (Å²) >= 11 is 0. The molecule has 1 unspecified atom stereocenters. The highest BCUT2D eigenvalue weighted by atomic mass is 16.5. The van der Waals surface area contributed by atoms with Crippen molar-refractivity contribution < 1.29 is 9.32 Å². The molecule has 1 amide bonds. The molecule has 0 saturated carbocycles. The number of rotatable bonds is 5. The first-order chi connectivity index (χ1) is 11.5. The Bertz CT molecular complexity index is 713. The fraction of sp³-hybridized carbons (Fsp3) is 0.500. The van der Waals surface area contributed by atoms with Crippen molar-refractivity contribution in [3.05, 3.63) is 47.1 Å². The van der Waals surface area contributed by atoms with Gasteiger partial charge < -0.3 is 9.42 Å². The molecule has 1 aliphatic heterocycles. The molecule has 3 rings (SSSR count). The van der Waals surface area contributed by atoms with Crippen molar-refractivity contribution in [1.29, 1.82) is 0 Å². The summed E-state index contributed by atoms with van der Waals surface area (Å²) < 4.78 is 5.26. The number of carbonyl (C=O) groups is 1. The fourth-order valence-corrected chi connectivity index (χ4v) is 3.10. The molecule has 1 fully saturated rings. The molecule has 1 atom stereocenters. The molecule has 6 nitrogen and oxygen atoms in total. The van der Waals surface area contributed by atoms with Crippen LogP contribution >= 0.6 is 0 Å². The van der Waals surface area contributed by atoms with Crippen molar-refractivity contribution in [2.45, 2.75) is 32.7 Å². The largest absolute Gasteiger partial charge is 0.340 e. The van der Waals surface area contributed by atoms with E-state index in [1.165, 1.54) is 11.1 Å². The number of amides is 1. The van der Waals surface area contributed by atoms with E-state index in [-0.39, 0.29) is 11.8 Å². The van der Waals surface area contributed by atoms with Gasteiger partial charge in [-0.15, -0.1) is 0 Å². The van der Waals surface area contributed by atoms with E-state index in [2.05, 4.69) is 34.1 Å². The predicted molar refractivity (Wildman–Crippen MR) is 90.5 cm³/mol. The average molecular weight is 328 g/mol. The zero-order valence-electron chi connectivity index (χ0n) is 14.5. The van der Waals surface area contributed by atoms with Gasteiger partial charge in [-0.1, -0.05) is 29.4 Å². The summed E-state index contributed by atoms with van der Waals surface area (Å²) in [5.41, 5.74) is 2.40. The van der Waals surface area contributed by atoms with Gasteiger partial charge in [0.1, 0.15) is 0 Å². The third-order valence-electron chi connectivity index (χ3n) is 4.62. The number of aromatic nitrogens is 2. The molecule has 0 aliphatic carbocycles. The molecule has 1 saturated heterocycles. The standard InChI is InChI=1S/C18H24N4O2/c1-13-6-4-5-7-15(13)10-21(3)17(23)12-22-9-8-16(11-22)18-19-14(2)20-24-18/h4-7,16H,8-12H2,1-3H3. The third-order valence-corrected chi connectivity index (χ3v) is 4.62. The number of likely N-dealkylation sites (N-methyl/N-ethyl adjacent to an activating group) is 1. The van der Waals surface area contributed by atoms with Crippen molar-refractivity contribution >= 4 is 5.91 Å². The van der Waals surface area contributed by atoms with E-state index in [4.69, 9.17) is 4.52 Å². The number of hydrogen-bond donors (Lipinski definition) is 0. The molecular weight excluding hydrogens is 304 g/mol. The van der Waals surface area contributed by atoms with Gasteiger partial charge in [0.15, 0.2) is 5.82 Å². The lowest BCUT2D eigenvalue weighted by Crippen LogP contribution is -2.37. The SMILES string of the molecule is Cc1noc(C2CCN(CC(=O)N(C)Cc3ccccc3C)C2)n1. The van der Waals surface area contributed by atoms with E-state index >= 15 is 0 Å². The summed E-state index contributed by atoms with van der Waals surface area (Å²) in [6, 6.07) is 8.18. The highest BCUT2D eigenvalue weighted by Gasteiger charge is 2.29. The number of aryl methyl sites for hydroxylation is 2. The van der Waals surface area contributed by atoms with Gasteiger partial charge in [0.25, 0.3) is 0 Å². The van der Waals surface area contributed by atoms with Crippen LogP contribution in [0, 0.1) is 13.8 Å². The van der Waals surface area contributed by atoms with Crippen LogP contribution in [0.25, 0.3) is 0 Å². The van der Waals surface area contributed by atoms with Gasteiger partial charge in [-0.25, -0.2) is 0 Å². The smallest absolute Gasteiger partial charge is 0.236 e. The van der Waals surface area contributed by atoms with Crippen molar-refractivity contribution in [1.82, 2.24) is 19.9 Å². The molecule has 128 valence electrons. The summed E-state index contributed by atoms with van der Waals surface area (Å²) in [4.78, 5) is 20.8. The highest BCUT2D eigenvalue weighted by molar-refractivity contribution is 5.78. The Morgan fingerprint density at radius 1 is 1.38 bits per heavy atom. The maximum atomic E-state index is 12.5. The van der Waals surface area contributed by atoms with Gasteiger partial charge in [0.05, 0.1) is 12.5 Å². The second-order valence-corrected chi connectivity index (χ2v) is 6.58. The number of benzene rings is 1. The quantitative estimate of drug-likeness (QED) is 0.841. The maximum absolute atomic E-state index is 12.5. The molecule has 6 heteroatoms. The highest BCUT2D eigenvalue weighted by Crippen LogP contribution is 2.25. The lowest BCUT2D eigenvalue weighted by molar-refractivity contribution is -0.131. The average Bonchev–Trinajstić information content (AvgIpc) is 3.18. The Morgan fingerprint density at radius 3 is 2.88 bits per heavy atom. The number of hydrogen-bond acceptors (Lipinski definition) is 5. The molecule has 1 aromatic heterocycles. The van der Waals surface area contributed by atoms with E-state index in [1.54, 1.807) is 4.90 Å². The van der Waals surface area contributed by atoms with Crippen molar-refractivity contribution in [2.24, 2.45) is 0 Å². The molecule has 0 N–H and O–H groups in total. The van der Waals surface area contributed by atoms with Gasteiger partial charge in [0, 0.05) is 20.1 Å². The Labute approximate surface area is 142 Å². The van der Waals surface area contributed by atoms with Crippen LogP contribution in [0.3, 0.4) is 0 Å². The monoisotopic (exact) mass is 328 g/mol. The summed E-state index contributed by atoms with van der Waals surface area (Å²) in [6.45, 7) is 6.66. The second-order valence-electron chi connectivity index (χ2n) is 6.58. The van der Waals surface area contributed by atoms with E-state index < -0.39 is 0 Å². The molecule has 2 heterocycles. The van der Waals surface area contributed by atoms with Crippen LogP contribution < -0.4 is 0 Å². The van der Waals surface area contributed by atoms with Crippen LogP contribution in [0.4, 0.5) is 0 Å². The summed E-state index contributed by atoms with van der Waals surface area (Å²) in [7, 11) is 1.86. The Balaban J connectivity index is 1.52. The lowest BCUT2D eigenvalue weighted by Gasteiger charge is -2.22.